The fourth-order valence-electron chi connectivity index (χ4n) is 1.18. The van der Waals surface area contributed by atoms with Crippen LogP contribution in [0.25, 0.3) is 5.82 Å². The molecule has 76 valence electrons. The van der Waals surface area contributed by atoms with E-state index in [-0.39, 0.29) is 5.69 Å². The molecular formula is C8H7N5O2. The van der Waals surface area contributed by atoms with Gasteiger partial charge in [0.05, 0.1) is 4.92 Å². The van der Waals surface area contributed by atoms with Crippen LogP contribution in [0.15, 0.2) is 24.9 Å². The molecule has 0 fully saturated rings. The number of nitro groups is 1. The molecule has 0 unspecified atom stereocenters. The largest absolute Gasteiger partial charge is 0.290 e. The van der Waals surface area contributed by atoms with Crippen LogP contribution in [-0.4, -0.2) is 24.7 Å². The summed E-state index contributed by atoms with van der Waals surface area (Å²) in [4.78, 5) is 17.8. The Hall–Kier alpha value is -2.31. The predicted octanol–water partition coefficient (Wildman–Crippen LogP) is 0.879. The lowest BCUT2D eigenvalue weighted by molar-refractivity contribution is -0.385. The van der Waals surface area contributed by atoms with Gasteiger partial charge in [0, 0.05) is 5.56 Å². The van der Waals surface area contributed by atoms with Gasteiger partial charge in [-0.25, -0.2) is 14.6 Å². The van der Waals surface area contributed by atoms with E-state index in [4.69, 9.17) is 0 Å². The lowest BCUT2D eigenvalue weighted by Gasteiger charge is -2.00. The lowest BCUT2D eigenvalue weighted by Crippen LogP contribution is -2.00. The van der Waals surface area contributed by atoms with Crippen LogP contribution in [0, 0.1) is 17.0 Å². The molecule has 0 aliphatic heterocycles. The lowest BCUT2D eigenvalue weighted by atomic mass is 10.2. The van der Waals surface area contributed by atoms with Gasteiger partial charge in [0.15, 0.2) is 5.82 Å². The van der Waals surface area contributed by atoms with E-state index in [0.717, 1.165) is 0 Å². The third kappa shape index (κ3) is 1.66. The second kappa shape index (κ2) is 3.45. The predicted molar refractivity (Wildman–Crippen MR) is 50.5 cm³/mol. The molecule has 2 heterocycles. The van der Waals surface area contributed by atoms with Gasteiger partial charge in [-0.3, -0.25) is 10.1 Å². The van der Waals surface area contributed by atoms with E-state index in [1.807, 2.05) is 0 Å². The summed E-state index contributed by atoms with van der Waals surface area (Å²) < 4.78 is 1.44. The molecule has 2 aromatic rings. The number of hydrogen-bond acceptors (Lipinski definition) is 5. The van der Waals surface area contributed by atoms with E-state index in [1.165, 1.54) is 23.5 Å². The fourth-order valence-corrected chi connectivity index (χ4v) is 1.18. The highest BCUT2D eigenvalue weighted by Gasteiger charge is 2.12. The first-order valence-electron chi connectivity index (χ1n) is 4.14. The first-order valence-corrected chi connectivity index (χ1v) is 4.14. The Labute approximate surface area is 84.6 Å². The van der Waals surface area contributed by atoms with Crippen molar-refractivity contribution in [2.24, 2.45) is 0 Å². The van der Waals surface area contributed by atoms with E-state index < -0.39 is 4.92 Å². The minimum Gasteiger partial charge on any atom is -0.258 e. The van der Waals surface area contributed by atoms with Gasteiger partial charge in [-0.2, -0.15) is 5.10 Å². The molecule has 2 aromatic heterocycles. The van der Waals surface area contributed by atoms with Gasteiger partial charge in [0.1, 0.15) is 18.9 Å². The minimum atomic E-state index is -0.465. The normalized spacial score (nSPS) is 10.2. The first-order chi connectivity index (χ1) is 7.18. The molecule has 0 radical (unpaired) electrons. The summed E-state index contributed by atoms with van der Waals surface area (Å²) in [5.41, 5.74) is 0.541. The quantitative estimate of drug-likeness (QED) is 0.536. The molecule has 0 atom stereocenters. The zero-order chi connectivity index (χ0) is 10.8. The molecule has 0 spiro atoms. The summed E-state index contributed by atoms with van der Waals surface area (Å²) in [6.45, 7) is 1.65. The Morgan fingerprint density at radius 3 is 2.87 bits per heavy atom. The van der Waals surface area contributed by atoms with Gasteiger partial charge in [-0.1, -0.05) is 0 Å². The summed E-state index contributed by atoms with van der Waals surface area (Å²) in [6, 6.07) is 1.59. The van der Waals surface area contributed by atoms with Crippen LogP contribution < -0.4 is 0 Å². The topological polar surface area (TPSA) is 86.7 Å². The SMILES string of the molecule is Cc1cc(-n2cncn2)ncc1[N+](=O)[O-]. The molecule has 0 N–H and O–H groups in total. The maximum atomic E-state index is 10.6. The third-order valence-electron chi connectivity index (χ3n) is 1.92. The molecule has 0 saturated carbocycles. The Morgan fingerprint density at radius 2 is 2.33 bits per heavy atom. The van der Waals surface area contributed by atoms with Crippen LogP contribution in [0.2, 0.25) is 0 Å². The highest BCUT2D eigenvalue weighted by Crippen LogP contribution is 2.17. The number of rotatable bonds is 2. The van der Waals surface area contributed by atoms with Gasteiger partial charge in [-0.15, -0.1) is 0 Å². The van der Waals surface area contributed by atoms with E-state index in [0.29, 0.717) is 11.4 Å². The van der Waals surface area contributed by atoms with Crippen molar-refractivity contribution in [1.82, 2.24) is 19.7 Å². The zero-order valence-corrected chi connectivity index (χ0v) is 7.86. The smallest absolute Gasteiger partial charge is 0.258 e. The van der Waals surface area contributed by atoms with Crippen molar-refractivity contribution >= 4 is 5.69 Å². The summed E-state index contributed by atoms with van der Waals surface area (Å²) in [5, 5.41) is 14.4. The van der Waals surface area contributed by atoms with Crippen molar-refractivity contribution in [2.45, 2.75) is 6.92 Å². The molecule has 15 heavy (non-hydrogen) atoms. The van der Waals surface area contributed by atoms with Crippen molar-refractivity contribution in [3.05, 3.63) is 40.6 Å². The van der Waals surface area contributed by atoms with E-state index >= 15 is 0 Å². The van der Waals surface area contributed by atoms with Gasteiger partial charge in [-0.05, 0) is 13.0 Å². The third-order valence-corrected chi connectivity index (χ3v) is 1.92. The molecule has 0 saturated heterocycles. The number of nitrogens with zero attached hydrogens (tertiary/aromatic N) is 5. The average molecular weight is 205 g/mol. The van der Waals surface area contributed by atoms with Crippen LogP contribution in [0.3, 0.4) is 0 Å². The number of pyridine rings is 1. The van der Waals surface area contributed by atoms with Crippen molar-refractivity contribution in [2.75, 3.05) is 0 Å². The molecule has 0 aromatic carbocycles. The number of aryl methyl sites for hydroxylation is 1. The van der Waals surface area contributed by atoms with E-state index in [9.17, 15) is 10.1 Å². The molecular weight excluding hydrogens is 198 g/mol. The average Bonchev–Trinajstić information content (AvgIpc) is 2.69. The summed E-state index contributed by atoms with van der Waals surface area (Å²) >= 11 is 0. The fraction of sp³-hybridized carbons (Fsp3) is 0.125. The van der Waals surface area contributed by atoms with Crippen molar-refractivity contribution in [3.63, 3.8) is 0 Å². The van der Waals surface area contributed by atoms with Crippen LogP contribution in [0.4, 0.5) is 5.69 Å². The minimum absolute atomic E-state index is 0.00105. The highest BCUT2D eigenvalue weighted by molar-refractivity contribution is 5.41. The maximum absolute atomic E-state index is 10.6. The van der Waals surface area contributed by atoms with E-state index in [1.54, 1.807) is 13.0 Å². The van der Waals surface area contributed by atoms with Gasteiger partial charge < -0.3 is 0 Å². The summed E-state index contributed by atoms with van der Waals surface area (Å²) in [5.74, 6) is 0.510. The van der Waals surface area contributed by atoms with Crippen LogP contribution in [0.5, 0.6) is 0 Å². The zero-order valence-electron chi connectivity index (χ0n) is 7.86. The Balaban J connectivity index is 2.47. The number of hydrogen-bond donors (Lipinski definition) is 0. The van der Waals surface area contributed by atoms with Crippen LogP contribution in [0.1, 0.15) is 5.56 Å². The first kappa shape index (κ1) is 9.25. The molecule has 0 amide bonds. The van der Waals surface area contributed by atoms with Crippen LogP contribution >= 0.6 is 0 Å². The molecule has 7 heteroatoms. The molecule has 7 nitrogen and oxygen atoms in total. The van der Waals surface area contributed by atoms with Gasteiger partial charge in [0.25, 0.3) is 5.69 Å². The highest BCUT2D eigenvalue weighted by atomic mass is 16.6. The Kier molecular flexibility index (Phi) is 2.13. The van der Waals surface area contributed by atoms with Crippen LogP contribution in [-0.2, 0) is 0 Å². The monoisotopic (exact) mass is 205 g/mol. The second-order valence-corrected chi connectivity index (χ2v) is 2.93. The van der Waals surface area contributed by atoms with E-state index in [2.05, 4.69) is 15.1 Å². The standard InChI is InChI=1S/C8H7N5O2/c1-6-2-8(12-5-9-4-11-12)10-3-7(6)13(14)15/h2-5H,1H3. The summed E-state index contributed by atoms with van der Waals surface area (Å²) in [6.07, 6.45) is 4.07. The molecule has 2 rings (SSSR count). The van der Waals surface area contributed by atoms with Gasteiger partial charge in [0.2, 0.25) is 0 Å². The van der Waals surface area contributed by atoms with Crippen molar-refractivity contribution in [3.8, 4) is 5.82 Å². The molecule has 0 aliphatic carbocycles. The van der Waals surface area contributed by atoms with Crippen molar-refractivity contribution in [1.29, 1.82) is 0 Å². The van der Waals surface area contributed by atoms with Crippen molar-refractivity contribution < 1.29 is 4.92 Å². The summed E-state index contributed by atoms with van der Waals surface area (Å²) in [7, 11) is 0. The Bertz CT molecular complexity index is 494. The second-order valence-electron chi connectivity index (χ2n) is 2.93. The number of aromatic nitrogens is 4. The molecule has 0 aliphatic rings. The maximum Gasteiger partial charge on any atom is 0.290 e. The Morgan fingerprint density at radius 1 is 1.53 bits per heavy atom. The van der Waals surface area contributed by atoms with Gasteiger partial charge >= 0.3 is 0 Å². The molecule has 0 bridgehead atoms.